The van der Waals surface area contributed by atoms with Gasteiger partial charge in [0.1, 0.15) is 5.82 Å². The van der Waals surface area contributed by atoms with Crippen molar-refractivity contribution in [1.82, 2.24) is 0 Å². The minimum atomic E-state index is -0.496. The largest absolute Gasteiger partial charge is 0.398 e. The Labute approximate surface area is 103 Å². The Bertz CT molecular complexity index is 599. The summed E-state index contributed by atoms with van der Waals surface area (Å²) in [5.41, 5.74) is 7.13. The smallest absolute Gasteiger partial charge is 0.269 e. The maximum Gasteiger partial charge on any atom is 0.269 e. The van der Waals surface area contributed by atoms with Crippen LogP contribution in [0, 0.1) is 15.9 Å². The molecule has 2 aromatic carbocycles. The summed E-state index contributed by atoms with van der Waals surface area (Å²) >= 11 is 0. The molecule has 0 saturated carbocycles. The number of nitrogen functional groups attached to an aromatic ring is 1. The molecule has 0 amide bonds. The van der Waals surface area contributed by atoms with Crippen LogP contribution < -0.4 is 5.73 Å². The molecule has 0 heterocycles. The number of hydrogen-bond donors (Lipinski definition) is 1. The molecule has 18 heavy (non-hydrogen) atoms. The quantitative estimate of drug-likeness (QED) is 0.514. The van der Waals surface area contributed by atoms with E-state index in [1.165, 1.54) is 24.3 Å². The van der Waals surface area contributed by atoms with E-state index >= 15 is 0 Å². The van der Waals surface area contributed by atoms with Crippen LogP contribution in [-0.4, -0.2) is 4.92 Å². The second kappa shape index (κ2) is 4.83. The SMILES string of the molecule is Nc1ccc([N+](=O)[O-])cc1Cc1ccccc1F. The number of rotatable bonds is 3. The lowest BCUT2D eigenvalue weighted by Gasteiger charge is -2.06. The number of nitro benzene ring substituents is 1. The molecule has 2 rings (SSSR count). The summed E-state index contributed by atoms with van der Waals surface area (Å²) in [6, 6.07) is 10.5. The van der Waals surface area contributed by atoms with E-state index in [4.69, 9.17) is 5.73 Å². The summed E-state index contributed by atoms with van der Waals surface area (Å²) in [7, 11) is 0. The number of nitrogens with zero attached hydrogens (tertiary/aromatic N) is 1. The predicted molar refractivity (Wildman–Crippen MR) is 66.7 cm³/mol. The van der Waals surface area contributed by atoms with Crippen molar-refractivity contribution in [2.45, 2.75) is 6.42 Å². The Morgan fingerprint density at radius 3 is 2.56 bits per heavy atom. The summed E-state index contributed by atoms with van der Waals surface area (Å²) in [4.78, 5) is 10.2. The van der Waals surface area contributed by atoms with Gasteiger partial charge in [0.2, 0.25) is 0 Å². The summed E-state index contributed by atoms with van der Waals surface area (Å²) in [6.45, 7) is 0. The van der Waals surface area contributed by atoms with Crippen LogP contribution >= 0.6 is 0 Å². The lowest BCUT2D eigenvalue weighted by atomic mass is 10.0. The van der Waals surface area contributed by atoms with Crippen LogP contribution in [0.2, 0.25) is 0 Å². The van der Waals surface area contributed by atoms with Gasteiger partial charge in [-0.2, -0.15) is 0 Å². The van der Waals surface area contributed by atoms with Gasteiger partial charge in [0.25, 0.3) is 5.69 Å². The third-order valence-electron chi connectivity index (χ3n) is 2.68. The zero-order valence-corrected chi connectivity index (χ0v) is 9.47. The van der Waals surface area contributed by atoms with Crippen molar-refractivity contribution < 1.29 is 9.31 Å². The van der Waals surface area contributed by atoms with E-state index in [1.807, 2.05) is 0 Å². The summed E-state index contributed by atoms with van der Waals surface area (Å²) in [6.07, 6.45) is 0.236. The molecule has 2 aromatic rings. The average molecular weight is 246 g/mol. The minimum absolute atomic E-state index is 0.0458. The fraction of sp³-hybridized carbons (Fsp3) is 0.0769. The molecule has 4 nitrogen and oxygen atoms in total. The molecule has 5 heteroatoms. The van der Waals surface area contributed by atoms with Gasteiger partial charge in [-0.3, -0.25) is 10.1 Å². The van der Waals surface area contributed by atoms with Crippen LogP contribution in [0.15, 0.2) is 42.5 Å². The van der Waals surface area contributed by atoms with Gasteiger partial charge in [0.05, 0.1) is 4.92 Å². The van der Waals surface area contributed by atoms with Gasteiger partial charge in [0.15, 0.2) is 0 Å². The molecule has 0 unspecified atom stereocenters. The number of benzene rings is 2. The van der Waals surface area contributed by atoms with E-state index in [0.29, 0.717) is 16.8 Å². The number of nitro groups is 1. The summed E-state index contributed by atoms with van der Waals surface area (Å²) < 4.78 is 13.5. The number of halogens is 1. The van der Waals surface area contributed by atoms with Crippen LogP contribution in [0.4, 0.5) is 15.8 Å². The van der Waals surface area contributed by atoms with Crippen molar-refractivity contribution in [3.05, 3.63) is 69.5 Å². The van der Waals surface area contributed by atoms with Crippen molar-refractivity contribution in [2.24, 2.45) is 0 Å². The lowest BCUT2D eigenvalue weighted by Crippen LogP contribution is -1.99. The van der Waals surface area contributed by atoms with E-state index in [2.05, 4.69) is 0 Å². The van der Waals surface area contributed by atoms with Crippen LogP contribution in [-0.2, 0) is 6.42 Å². The first-order valence-corrected chi connectivity index (χ1v) is 5.34. The normalized spacial score (nSPS) is 10.3. The molecule has 0 aliphatic rings. The fourth-order valence-electron chi connectivity index (χ4n) is 1.71. The highest BCUT2D eigenvalue weighted by atomic mass is 19.1. The van der Waals surface area contributed by atoms with Crippen molar-refractivity contribution >= 4 is 11.4 Å². The first-order valence-electron chi connectivity index (χ1n) is 5.34. The van der Waals surface area contributed by atoms with Gasteiger partial charge < -0.3 is 5.73 Å². The molecule has 0 atom stereocenters. The standard InChI is InChI=1S/C13H11FN2O2/c14-12-4-2-1-3-9(12)7-10-8-11(16(17)18)5-6-13(10)15/h1-6,8H,7,15H2. The van der Waals surface area contributed by atoms with E-state index < -0.39 is 4.92 Å². The first-order chi connectivity index (χ1) is 8.58. The van der Waals surface area contributed by atoms with Gasteiger partial charge >= 0.3 is 0 Å². The van der Waals surface area contributed by atoms with E-state index in [1.54, 1.807) is 18.2 Å². The minimum Gasteiger partial charge on any atom is -0.398 e. The van der Waals surface area contributed by atoms with Crippen molar-refractivity contribution in [3.8, 4) is 0 Å². The highest BCUT2D eigenvalue weighted by molar-refractivity contribution is 5.54. The molecule has 2 N–H and O–H groups in total. The van der Waals surface area contributed by atoms with Crippen molar-refractivity contribution in [2.75, 3.05) is 5.73 Å². The highest BCUT2D eigenvalue weighted by Gasteiger charge is 2.11. The number of hydrogen-bond acceptors (Lipinski definition) is 3. The molecular weight excluding hydrogens is 235 g/mol. The predicted octanol–water partition coefficient (Wildman–Crippen LogP) is 2.91. The van der Waals surface area contributed by atoms with E-state index in [-0.39, 0.29) is 17.9 Å². The number of nitrogens with two attached hydrogens (primary N) is 1. The first kappa shape index (κ1) is 12.0. The number of anilines is 1. The molecule has 0 aliphatic carbocycles. The Hall–Kier alpha value is -2.43. The third-order valence-corrected chi connectivity index (χ3v) is 2.68. The fourth-order valence-corrected chi connectivity index (χ4v) is 1.71. The zero-order valence-electron chi connectivity index (χ0n) is 9.47. The van der Waals surface area contributed by atoms with Gasteiger partial charge in [-0.15, -0.1) is 0 Å². The average Bonchev–Trinajstić information content (AvgIpc) is 2.34. The Balaban J connectivity index is 2.37. The third kappa shape index (κ3) is 2.45. The van der Waals surface area contributed by atoms with E-state index in [9.17, 15) is 14.5 Å². The highest BCUT2D eigenvalue weighted by Crippen LogP contribution is 2.23. The summed E-state index contributed by atoms with van der Waals surface area (Å²) in [5.74, 6) is -0.344. The number of non-ortho nitro benzene ring substituents is 1. The van der Waals surface area contributed by atoms with Crippen molar-refractivity contribution in [3.63, 3.8) is 0 Å². The molecule has 0 aromatic heterocycles. The Kier molecular flexibility index (Phi) is 3.23. The van der Waals surface area contributed by atoms with Gasteiger partial charge in [-0.1, -0.05) is 18.2 Å². The lowest BCUT2D eigenvalue weighted by molar-refractivity contribution is -0.384. The van der Waals surface area contributed by atoms with Crippen LogP contribution in [0.3, 0.4) is 0 Å². The van der Waals surface area contributed by atoms with Gasteiger partial charge in [0, 0.05) is 24.2 Å². The van der Waals surface area contributed by atoms with Gasteiger partial charge in [-0.05, 0) is 23.3 Å². The zero-order chi connectivity index (χ0) is 13.1. The molecule has 0 bridgehead atoms. The second-order valence-corrected chi connectivity index (χ2v) is 3.91. The molecule has 0 spiro atoms. The van der Waals surface area contributed by atoms with Crippen LogP contribution in [0.25, 0.3) is 0 Å². The van der Waals surface area contributed by atoms with Crippen LogP contribution in [0.1, 0.15) is 11.1 Å². The molecule has 0 aliphatic heterocycles. The van der Waals surface area contributed by atoms with Gasteiger partial charge in [-0.25, -0.2) is 4.39 Å². The molecule has 0 saturated heterocycles. The topological polar surface area (TPSA) is 69.2 Å². The monoisotopic (exact) mass is 246 g/mol. The maximum atomic E-state index is 13.5. The van der Waals surface area contributed by atoms with E-state index in [0.717, 1.165) is 0 Å². The van der Waals surface area contributed by atoms with Crippen molar-refractivity contribution in [1.29, 1.82) is 0 Å². The molecule has 0 fully saturated rings. The molecule has 92 valence electrons. The summed E-state index contributed by atoms with van der Waals surface area (Å²) in [5, 5.41) is 10.7. The molecular formula is C13H11FN2O2. The second-order valence-electron chi connectivity index (χ2n) is 3.91. The maximum absolute atomic E-state index is 13.5. The van der Waals surface area contributed by atoms with Crippen LogP contribution in [0.5, 0.6) is 0 Å². The Morgan fingerprint density at radius 1 is 1.17 bits per heavy atom. The Morgan fingerprint density at radius 2 is 1.89 bits per heavy atom. The molecule has 0 radical (unpaired) electrons.